The smallest absolute Gasteiger partial charge is 0.0717 e. The van der Waals surface area contributed by atoms with Gasteiger partial charge in [-0.15, -0.1) is 0 Å². The third-order valence-electron chi connectivity index (χ3n) is 1.43. The first-order chi connectivity index (χ1) is 3.29. The Bertz CT molecular complexity index is 57.1. The fourth-order valence-electron chi connectivity index (χ4n) is 0.969. The van der Waals surface area contributed by atoms with Gasteiger partial charge in [0.15, 0.2) is 0 Å². The highest BCUT2D eigenvalue weighted by molar-refractivity contribution is 6.11. The Morgan fingerprint density at radius 1 is 1.71 bits per heavy atom. The zero-order chi connectivity index (χ0) is 5.28. The summed E-state index contributed by atoms with van der Waals surface area (Å²) >= 11 is 0. The highest BCUT2D eigenvalue weighted by Gasteiger charge is 2.12. The number of hydrogen-bond acceptors (Lipinski definition) is 1. The molecule has 1 aliphatic rings. The topological polar surface area (TPSA) is 3.24 Å². The molecule has 2 heteroatoms. The van der Waals surface area contributed by atoms with Gasteiger partial charge in [-0.05, 0) is 26.6 Å². The first-order valence-electron chi connectivity index (χ1n) is 2.73. The molecular weight excluding hydrogens is 84.9 g/mol. The number of hydrogen-bond donors (Lipinski definition) is 0. The largest absolute Gasteiger partial charge is 0.307 e. The summed E-state index contributed by atoms with van der Waals surface area (Å²) in [4.78, 5) is 2.25. The summed E-state index contributed by atoms with van der Waals surface area (Å²) in [5.41, 5.74) is 0. The zero-order valence-corrected chi connectivity index (χ0v) is 4.72. The number of likely N-dealkylation sites (tertiary alicyclic amines) is 1. The summed E-state index contributed by atoms with van der Waals surface area (Å²) in [6.45, 7) is 2.27. The molecule has 0 aromatic carbocycles. The number of rotatable bonds is 0. The second-order valence-corrected chi connectivity index (χ2v) is 2.31. The molecule has 0 spiro atoms. The Hall–Kier alpha value is 0.0249. The van der Waals surface area contributed by atoms with Crippen molar-refractivity contribution < 1.29 is 0 Å². The third kappa shape index (κ3) is 1.20. The Morgan fingerprint density at radius 3 is 2.57 bits per heavy atom. The van der Waals surface area contributed by atoms with Crippen molar-refractivity contribution in [3.05, 3.63) is 0 Å². The van der Waals surface area contributed by atoms with Crippen LogP contribution in [0.5, 0.6) is 0 Å². The molecule has 1 heterocycles. The van der Waals surface area contributed by atoms with Crippen LogP contribution in [-0.2, 0) is 0 Å². The summed E-state index contributed by atoms with van der Waals surface area (Å²) in [5.74, 6) is 0.449. The monoisotopic (exact) mass is 95.1 g/mol. The zero-order valence-electron chi connectivity index (χ0n) is 4.72. The maximum atomic E-state index is 5.58. The molecule has 2 radical (unpaired) electrons. The van der Waals surface area contributed by atoms with Crippen LogP contribution in [0.25, 0.3) is 0 Å². The van der Waals surface area contributed by atoms with E-state index < -0.39 is 0 Å². The molecule has 1 fully saturated rings. The van der Waals surface area contributed by atoms with Gasteiger partial charge in [0, 0.05) is 0 Å². The van der Waals surface area contributed by atoms with E-state index in [1.54, 1.807) is 0 Å². The minimum Gasteiger partial charge on any atom is -0.307 e. The molecule has 1 unspecified atom stereocenters. The molecule has 1 aliphatic heterocycles. The van der Waals surface area contributed by atoms with Gasteiger partial charge < -0.3 is 4.90 Å². The van der Waals surface area contributed by atoms with Crippen LogP contribution in [0.1, 0.15) is 6.42 Å². The molecule has 1 nitrogen and oxygen atoms in total. The molecule has 0 N–H and O–H groups in total. The van der Waals surface area contributed by atoms with Crippen LogP contribution in [0.4, 0.5) is 0 Å². The lowest BCUT2D eigenvalue weighted by molar-refractivity contribution is 0.418. The molecule has 0 aromatic heterocycles. The van der Waals surface area contributed by atoms with E-state index in [-0.39, 0.29) is 0 Å². The van der Waals surface area contributed by atoms with Gasteiger partial charge in [0.1, 0.15) is 0 Å². The van der Waals surface area contributed by atoms with Crippen LogP contribution >= 0.6 is 0 Å². The lowest BCUT2D eigenvalue weighted by Gasteiger charge is -2.03. The maximum absolute atomic E-state index is 5.58. The highest BCUT2D eigenvalue weighted by Crippen LogP contribution is 2.14. The standard InChI is InChI=1S/C5H10BN/c1-7-3-2-5(6)4-7/h5H,2-4H2,1H3. The Labute approximate surface area is 46.1 Å². The van der Waals surface area contributed by atoms with Gasteiger partial charge in [0.25, 0.3) is 0 Å². The molecule has 38 valence electrons. The second kappa shape index (κ2) is 1.87. The molecule has 0 saturated carbocycles. The molecule has 1 saturated heterocycles. The summed E-state index contributed by atoms with van der Waals surface area (Å²) in [6.07, 6.45) is 1.18. The summed E-state index contributed by atoms with van der Waals surface area (Å²) in [7, 11) is 7.69. The van der Waals surface area contributed by atoms with E-state index in [4.69, 9.17) is 7.85 Å². The van der Waals surface area contributed by atoms with Crippen LogP contribution in [-0.4, -0.2) is 32.9 Å². The van der Waals surface area contributed by atoms with E-state index in [9.17, 15) is 0 Å². The maximum Gasteiger partial charge on any atom is 0.0717 e. The summed E-state index contributed by atoms with van der Waals surface area (Å²) < 4.78 is 0. The highest BCUT2D eigenvalue weighted by atomic mass is 15.1. The summed E-state index contributed by atoms with van der Waals surface area (Å²) in [6, 6.07) is 0. The Kier molecular flexibility index (Phi) is 1.38. The number of nitrogens with zero attached hydrogens (tertiary/aromatic N) is 1. The molecule has 1 rings (SSSR count). The van der Waals surface area contributed by atoms with E-state index in [1.165, 1.54) is 13.0 Å². The van der Waals surface area contributed by atoms with Crippen LogP contribution in [0, 0.1) is 0 Å². The average Bonchev–Trinajstić information content (AvgIpc) is 1.87. The van der Waals surface area contributed by atoms with Gasteiger partial charge in [-0.25, -0.2) is 0 Å². The van der Waals surface area contributed by atoms with Gasteiger partial charge in [0.2, 0.25) is 0 Å². The van der Waals surface area contributed by atoms with E-state index in [1.807, 2.05) is 0 Å². The van der Waals surface area contributed by atoms with Gasteiger partial charge in [-0.3, -0.25) is 0 Å². The van der Waals surface area contributed by atoms with Crippen LogP contribution in [0.3, 0.4) is 0 Å². The Morgan fingerprint density at radius 2 is 2.43 bits per heavy atom. The quantitative estimate of drug-likeness (QED) is 0.390. The van der Waals surface area contributed by atoms with Gasteiger partial charge in [0.05, 0.1) is 7.85 Å². The lowest BCUT2D eigenvalue weighted by atomic mass is 9.87. The van der Waals surface area contributed by atoms with E-state index in [0.29, 0.717) is 5.82 Å². The lowest BCUT2D eigenvalue weighted by Crippen LogP contribution is -2.12. The molecule has 0 aromatic rings. The molecular formula is C5H10BN. The fourth-order valence-corrected chi connectivity index (χ4v) is 0.969. The minimum absolute atomic E-state index is 0.449. The third-order valence-corrected chi connectivity index (χ3v) is 1.43. The van der Waals surface area contributed by atoms with Crippen molar-refractivity contribution in [2.24, 2.45) is 0 Å². The first kappa shape index (κ1) is 5.17. The Balaban J connectivity index is 2.26. The molecule has 0 aliphatic carbocycles. The summed E-state index contributed by atoms with van der Waals surface area (Å²) in [5, 5.41) is 0. The van der Waals surface area contributed by atoms with Crippen LogP contribution in [0.15, 0.2) is 0 Å². The minimum atomic E-state index is 0.449. The van der Waals surface area contributed by atoms with Crippen LogP contribution in [0.2, 0.25) is 5.82 Å². The van der Waals surface area contributed by atoms with Crippen molar-refractivity contribution in [1.82, 2.24) is 4.90 Å². The van der Waals surface area contributed by atoms with E-state index >= 15 is 0 Å². The van der Waals surface area contributed by atoms with Crippen molar-refractivity contribution >= 4 is 7.85 Å². The SMILES string of the molecule is [B]C1CCN(C)C1. The van der Waals surface area contributed by atoms with Crippen molar-refractivity contribution in [2.75, 3.05) is 20.1 Å². The van der Waals surface area contributed by atoms with Gasteiger partial charge >= 0.3 is 0 Å². The van der Waals surface area contributed by atoms with Gasteiger partial charge in [-0.2, -0.15) is 0 Å². The van der Waals surface area contributed by atoms with E-state index in [0.717, 1.165) is 6.54 Å². The van der Waals surface area contributed by atoms with Gasteiger partial charge in [-0.1, -0.05) is 5.82 Å². The molecule has 7 heavy (non-hydrogen) atoms. The fraction of sp³-hybridized carbons (Fsp3) is 1.00. The van der Waals surface area contributed by atoms with Crippen LogP contribution < -0.4 is 0 Å². The van der Waals surface area contributed by atoms with Crippen molar-refractivity contribution in [2.45, 2.75) is 12.2 Å². The second-order valence-electron chi connectivity index (χ2n) is 2.31. The van der Waals surface area contributed by atoms with Crippen molar-refractivity contribution in [1.29, 1.82) is 0 Å². The van der Waals surface area contributed by atoms with E-state index in [2.05, 4.69) is 11.9 Å². The van der Waals surface area contributed by atoms with Crippen molar-refractivity contribution in [3.8, 4) is 0 Å². The predicted molar refractivity (Wildman–Crippen MR) is 31.6 cm³/mol. The molecule has 0 bridgehead atoms. The predicted octanol–water partition coefficient (Wildman–Crippen LogP) is 0.279. The normalized spacial score (nSPS) is 34.1. The molecule has 1 atom stereocenters. The average molecular weight is 95.0 g/mol. The molecule has 0 amide bonds. The van der Waals surface area contributed by atoms with Crippen molar-refractivity contribution in [3.63, 3.8) is 0 Å². The first-order valence-corrected chi connectivity index (χ1v) is 2.73.